The SMILES string of the molecule is COc1cccc(C[C@H]2[C@H]3C[C@H](CN(C(=O)C4CCC(N)CC4)C3)[C@@H]3CCCCN32)c1. The number of benzene rings is 1. The molecule has 170 valence electrons. The van der Waals surface area contributed by atoms with E-state index in [1.54, 1.807) is 7.11 Å². The number of fused-ring (bicyclic) bond motifs is 4. The molecule has 1 saturated carbocycles. The zero-order valence-corrected chi connectivity index (χ0v) is 19.0. The van der Waals surface area contributed by atoms with Crippen LogP contribution in [0.3, 0.4) is 0 Å². The monoisotopic (exact) mass is 425 g/mol. The molecule has 2 N–H and O–H groups in total. The highest BCUT2D eigenvalue weighted by atomic mass is 16.5. The van der Waals surface area contributed by atoms with Crippen molar-refractivity contribution in [3.05, 3.63) is 29.8 Å². The fraction of sp³-hybridized carbons (Fsp3) is 0.731. The maximum Gasteiger partial charge on any atom is 0.225 e. The van der Waals surface area contributed by atoms with Crippen LogP contribution < -0.4 is 10.5 Å². The van der Waals surface area contributed by atoms with Gasteiger partial charge in [-0.3, -0.25) is 9.69 Å². The van der Waals surface area contributed by atoms with Gasteiger partial charge >= 0.3 is 0 Å². The molecule has 2 bridgehead atoms. The number of methoxy groups -OCH3 is 1. The highest BCUT2D eigenvalue weighted by molar-refractivity contribution is 5.79. The fourth-order valence-electron chi connectivity index (χ4n) is 7.03. The molecule has 5 nitrogen and oxygen atoms in total. The van der Waals surface area contributed by atoms with Crippen LogP contribution in [-0.4, -0.2) is 60.6 Å². The second kappa shape index (κ2) is 9.11. The van der Waals surface area contributed by atoms with Crippen molar-refractivity contribution in [3.63, 3.8) is 0 Å². The Hall–Kier alpha value is -1.59. The summed E-state index contributed by atoms with van der Waals surface area (Å²) in [6, 6.07) is 10.1. The highest BCUT2D eigenvalue weighted by Gasteiger charge is 2.48. The van der Waals surface area contributed by atoms with Gasteiger partial charge in [-0.1, -0.05) is 18.6 Å². The van der Waals surface area contributed by atoms with Crippen molar-refractivity contribution in [2.24, 2.45) is 23.5 Å². The van der Waals surface area contributed by atoms with E-state index in [4.69, 9.17) is 10.5 Å². The maximum atomic E-state index is 13.5. The van der Waals surface area contributed by atoms with Crippen LogP contribution in [0.1, 0.15) is 56.9 Å². The molecule has 31 heavy (non-hydrogen) atoms. The number of likely N-dealkylation sites (tertiary alicyclic amines) is 1. The van der Waals surface area contributed by atoms with Crippen LogP contribution in [0.5, 0.6) is 5.75 Å². The summed E-state index contributed by atoms with van der Waals surface area (Å²) in [6.45, 7) is 3.14. The molecule has 4 atom stereocenters. The van der Waals surface area contributed by atoms with Gasteiger partial charge in [-0.15, -0.1) is 0 Å². The number of rotatable bonds is 4. The van der Waals surface area contributed by atoms with Gasteiger partial charge in [-0.25, -0.2) is 0 Å². The zero-order chi connectivity index (χ0) is 21.4. The third kappa shape index (κ3) is 4.36. The normalized spacial score (nSPS) is 36.0. The highest BCUT2D eigenvalue weighted by Crippen LogP contribution is 2.43. The molecule has 3 aliphatic heterocycles. The van der Waals surface area contributed by atoms with E-state index < -0.39 is 0 Å². The van der Waals surface area contributed by atoms with Crippen molar-refractivity contribution in [2.75, 3.05) is 26.7 Å². The summed E-state index contributed by atoms with van der Waals surface area (Å²) >= 11 is 0. The van der Waals surface area contributed by atoms with Gasteiger partial charge in [-0.2, -0.15) is 0 Å². The summed E-state index contributed by atoms with van der Waals surface area (Å²) in [5.41, 5.74) is 7.45. The number of carbonyl (C=O) groups is 1. The van der Waals surface area contributed by atoms with E-state index >= 15 is 0 Å². The lowest BCUT2D eigenvalue weighted by molar-refractivity contribution is -0.146. The predicted molar refractivity (Wildman–Crippen MR) is 123 cm³/mol. The van der Waals surface area contributed by atoms with Gasteiger partial charge < -0.3 is 15.4 Å². The van der Waals surface area contributed by atoms with Crippen LogP contribution in [-0.2, 0) is 11.2 Å². The lowest BCUT2D eigenvalue weighted by atomic mass is 9.70. The Labute approximate surface area is 187 Å². The fourth-order valence-corrected chi connectivity index (χ4v) is 7.03. The Balaban J connectivity index is 1.35. The molecule has 1 aromatic carbocycles. The van der Waals surface area contributed by atoms with E-state index in [2.05, 4.69) is 28.0 Å². The van der Waals surface area contributed by atoms with Crippen molar-refractivity contribution in [1.82, 2.24) is 9.80 Å². The summed E-state index contributed by atoms with van der Waals surface area (Å²) in [5.74, 6) is 2.80. The zero-order valence-electron chi connectivity index (χ0n) is 19.0. The van der Waals surface area contributed by atoms with Crippen molar-refractivity contribution in [3.8, 4) is 5.75 Å². The predicted octanol–water partition coefficient (Wildman–Crippen LogP) is 3.46. The summed E-state index contributed by atoms with van der Waals surface area (Å²) < 4.78 is 5.48. The van der Waals surface area contributed by atoms with Crippen molar-refractivity contribution in [1.29, 1.82) is 0 Å². The number of hydrogen-bond donors (Lipinski definition) is 1. The van der Waals surface area contributed by atoms with E-state index in [1.807, 2.05) is 6.07 Å². The molecule has 0 radical (unpaired) electrons. The van der Waals surface area contributed by atoms with Gasteiger partial charge in [0.1, 0.15) is 5.75 Å². The summed E-state index contributed by atoms with van der Waals surface area (Å²) in [5, 5.41) is 0. The Kier molecular flexibility index (Phi) is 6.25. The molecule has 5 heteroatoms. The second-order valence-corrected chi connectivity index (χ2v) is 10.5. The van der Waals surface area contributed by atoms with E-state index in [-0.39, 0.29) is 5.92 Å². The molecule has 1 aromatic rings. The molecule has 4 aliphatic rings. The Bertz CT molecular complexity index is 776. The number of piperidine rings is 3. The van der Waals surface area contributed by atoms with Gasteiger partial charge in [-0.05, 0) is 87.4 Å². The molecular weight excluding hydrogens is 386 g/mol. The molecule has 0 aromatic heterocycles. The first-order valence-corrected chi connectivity index (χ1v) is 12.6. The molecule has 1 amide bonds. The lowest BCUT2D eigenvalue weighted by Gasteiger charge is -2.57. The lowest BCUT2D eigenvalue weighted by Crippen LogP contribution is -2.65. The van der Waals surface area contributed by atoms with Crippen LogP contribution in [0, 0.1) is 17.8 Å². The second-order valence-electron chi connectivity index (χ2n) is 10.5. The van der Waals surface area contributed by atoms with Gasteiger partial charge in [0.25, 0.3) is 0 Å². The number of amides is 1. The van der Waals surface area contributed by atoms with Crippen molar-refractivity contribution in [2.45, 2.75) is 75.9 Å². The van der Waals surface area contributed by atoms with Crippen LogP contribution in [0.4, 0.5) is 0 Å². The standard InChI is InChI=1S/C26H39N3O2/c1-31-23-6-4-5-18(13-23)14-25-21-15-20(24-7-2-3-12-29(24)25)16-28(17-21)26(30)19-8-10-22(27)11-9-19/h4-6,13,19-22,24-25H,2-3,7-12,14-17,27H2,1H3/t19?,20-,21+,22?,24+,25+/m1/s1. The van der Waals surface area contributed by atoms with Gasteiger partial charge in [0.2, 0.25) is 5.91 Å². The average molecular weight is 426 g/mol. The molecule has 0 spiro atoms. The first kappa shape index (κ1) is 21.3. The largest absolute Gasteiger partial charge is 0.497 e. The first-order valence-electron chi connectivity index (χ1n) is 12.6. The molecule has 0 unspecified atom stereocenters. The molecular formula is C26H39N3O2. The van der Waals surface area contributed by atoms with E-state index in [0.29, 0.717) is 35.9 Å². The summed E-state index contributed by atoms with van der Waals surface area (Å²) in [7, 11) is 1.74. The minimum Gasteiger partial charge on any atom is -0.497 e. The molecule has 1 aliphatic carbocycles. The van der Waals surface area contributed by atoms with Gasteiger partial charge in [0.05, 0.1) is 7.11 Å². The topological polar surface area (TPSA) is 58.8 Å². The smallest absolute Gasteiger partial charge is 0.225 e. The van der Waals surface area contributed by atoms with Crippen LogP contribution in [0.15, 0.2) is 24.3 Å². The molecule has 4 fully saturated rings. The quantitative estimate of drug-likeness (QED) is 0.803. The number of carbonyl (C=O) groups excluding carboxylic acids is 1. The third-order valence-corrected chi connectivity index (χ3v) is 8.63. The van der Waals surface area contributed by atoms with Crippen molar-refractivity contribution < 1.29 is 9.53 Å². The molecule has 3 heterocycles. The number of nitrogens with two attached hydrogens (primary N) is 1. The first-order chi connectivity index (χ1) is 15.1. The minimum absolute atomic E-state index is 0.206. The summed E-state index contributed by atoms with van der Waals surface area (Å²) in [6.07, 6.45) is 10.3. The maximum absolute atomic E-state index is 13.5. The number of hydrogen-bond acceptors (Lipinski definition) is 4. The average Bonchev–Trinajstić information content (AvgIpc) is 2.82. The van der Waals surface area contributed by atoms with Crippen molar-refractivity contribution >= 4 is 5.91 Å². The van der Waals surface area contributed by atoms with Crippen LogP contribution in [0.2, 0.25) is 0 Å². The Morgan fingerprint density at radius 1 is 1.10 bits per heavy atom. The van der Waals surface area contributed by atoms with Gasteiger partial charge in [0.15, 0.2) is 0 Å². The number of nitrogens with zero attached hydrogens (tertiary/aromatic N) is 2. The molecule has 3 saturated heterocycles. The van der Waals surface area contributed by atoms with E-state index in [0.717, 1.165) is 50.9 Å². The van der Waals surface area contributed by atoms with E-state index in [9.17, 15) is 4.79 Å². The third-order valence-electron chi connectivity index (χ3n) is 8.63. The van der Waals surface area contributed by atoms with E-state index in [1.165, 1.54) is 37.8 Å². The molecule has 5 rings (SSSR count). The summed E-state index contributed by atoms with van der Waals surface area (Å²) in [4.78, 5) is 18.6. The van der Waals surface area contributed by atoms with Crippen LogP contribution >= 0.6 is 0 Å². The Morgan fingerprint density at radius 3 is 2.71 bits per heavy atom. The van der Waals surface area contributed by atoms with Crippen LogP contribution in [0.25, 0.3) is 0 Å². The number of ether oxygens (including phenoxy) is 1. The Morgan fingerprint density at radius 2 is 1.90 bits per heavy atom. The van der Waals surface area contributed by atoms with Gasteiger partial charge in [0, 0.05) is 37.1 Å². The minimum atomic E-state index is 0.206.